The molecule has 6 heteroatoms. The highest BCUT2D eigenvalue weighted by Crippen LogP contribution is 2.18. The molecule has 3 N–H and O–H groups in total. The van der Waals surface area contributed by atoms with E-state index in [1.54, 1.807) is 30.5 Å². The molecule has 2 aromatic rings. The molecule has 1 aromatic heterocycles. The minimum absolute atomic E-state index is 0.283. The number of nitrogens with one attached hydrogen (secondary N) is 1. The maximum atomic E-state index is 11.8. The standard InChI is InChI=1S/C13H15N3O2S/c1-3-18-12(17)11-8(2)16(13(15)19-11)10-6-4-9(14)5-7-10/h4-7,15H,3,14H2,1-2H3. The Labute approximate surface area is 114 Å². The molecule has 0 amide bonds. The van der Waals surface area contributed by atoms with Crippen molar-refractivity contribution in [1.82, 2.24) is 4.57 Å². The van der Waals surface area contributed by atoms with Crippen molar-refractivity contribution in [1.29, 1.82) is 5.41 Å². The van der Waals surface area contributed by atoms with E-state index in [-0.39, 0.29) is 10.8 Å². The fourth-order valence-electron chi connectivity index (χ4n) is 1.79. The van der Waals surface area contributed by atoms with Crippen LogP contribution in [0.15, 0.2) is 24.3 Å². The molecule has 0 saturated carbocycles. The molecular weight excluding hydrogens is 262 g/mol. The molecule has 0 unspecified atom stereocenters. The average molecular weight is 277 g/mol. The molecule has 5 nitrogen and oxygen atoms in total. The van der Waals surface area contributed by atoms with Crippen molar-refractivity contribution >= 4 is 23.0 Å². The molecule has 1 heterocycles. The van der Waals surface area contributed by atoms with Gasteiger partial charge in [-0.1, -0.05) is 11.3 Å². The predicted molar refractivity (Wildman–Crippen MR) is 74.6 cm³/mol. The van der Waals surface area contributed by atoms with Crippen molar-refractivity contribution in [3.05, 3.63) is 39.6 Å². The van der Waals surface area contributed by atoms with E-state index < -0.39 is 0 Å². The average Bonchev–Trinajstić information content (AvgIpc) is 2.67. The molecule has 100 valence electrons. The van der Waals surface area contributed by atoms with Crippen LogP contribution in [-0.2, 0) is 4.74 Å². The maximum absolute atomic E-state index is 11.8. The Morgan fingerprint density at radius 2 is 2.05 bits per heavy atom. The van der Waals surface area contributed by atoms with Gasteiger partial charge in [-0.05, 0) is 38.1 Å². The van der Waals surface area contributed by atoms with E-state index in [4.69, 9.17) is 15.9 Å². The second-order valence-corrected chi connectivity index (χ2v) is 4.97. The van der Waals surface area contributed by atoms with Gasteiger partial charge < -0.3 is 10.5 Å². The number of benzene rings is 1. The molecule has 0 bridgehead atoms. The van der Waals surface area contributed by atoms with Crippen molar-refractivity contribution < 1.29 is 9.53 Å². The summed E-state index contributed by atoms with van der Waals surface area (Å²) in [6.45, 7) is 3.89. The number of hydrogen-bond acceptors (Lipinski definition) is 5. The second kappa shape index (κ2) is 5.27. The van der Waals surface area contributed by atoms with Crippen LogP contribution in [0.25, 0.3) is 5.69 Å². The molecule has 0 saturated heterocycles. The fraction of sp³-hybridized carbons (Fsp3) is 0.231. The lowest BCUT2D eigenvalue weighted by Gasteiger charge is -2.06. The quantitative estimate of drug-likeness (QED) is 0.665. The van der Waals surface area contributed by atoms with Crippen molar-refractivity contribution in [2.45, 2.75) is 13.8 Å². The summed E-state index contributed by atoms with van der Waals surface area (Å²) < 4.78 is 6.69. The molecule has 0 fully saturated rings. The zero-order valence-electron chi connectivity index (χ0n) is 10.8. The third-order valence-electron chi connectivity index (χ3n) is 2.68. The molecule has 19 heavy (non-hydrogen) atoms. The summed E-state index contributed by atoms with van der Waals surface area (Å²) in [5, 5.41) is 7.99. The third kappa shape index (κ3) is 2.53. The molecule has 2 rings (SSSR count). The van der Waals surface area contributed by atoms with E-state index >= 15 is 0 Å². The van der Waals surface area contributed by atoms with Crippen LogP contribution in [0.5, 0.6) is 0 Å². The van der Waals surface area contributed by atoms with Crippen LogP contribution < -0.4 is 10.5 Å². The topological polar surface area (TPSA) is 81.1 Å². The van der Waals surface area contributed by atoms with Gasteiger partial charge >= 0.3 is 5.97 Å². The van der Waals surface area contributed by atoms with Gasteiger partial charge in [0.15, 0.2) is 4.80 Å². The smallest absolute Gasteiger partial charge is 0.350 e. The van der Waals surface area contributed by atoms with Crippen molar-refractivity contribution in [2.75, 3.05) is 12.3 Å². The number of rotatable bonds is 3. The van der Waals surface area contributed by atoms with Crippen LogP contribution in [0, 0.1) is 12.3 Å². The van der Waals surface area contributed by atoms with Crippen LogP contribution >= 0.6 is 11.3 Å². The monoisotopic (exact) mass is 277 g/mol. The Hall–Kier alpha value is -2.08. The van der Waals surface area contributed by atoms with E-state index in [1.807, 2.05) is 12.1 Å². The molecule has 0 aliphatic carbocycles. The molecule has 1 aromatic carbocycles. The Kier molecular flexibility index (Phi) is 3.71. The third-order valence-corrected chi connectivity index (χ3v) is 3.72. The number of nitrogens with zero attached hydrogens (tertiary/aromatic N) is 1. The van der Waals surface area contributed by atoms with Crippen molar-refractivity contribution in [2.24, 2.45) is 0 Å². The summed E-state index contributed by atoms with van der Waals surface area (Å²) in [6.07, 6.45) is 0. The van der Waals surface area contributed by atoms with Gasteiger partial charge in [-0.25, -0.2) is 4.79 Å². The van der Waals surface area contributed by atoms with Gasteiger partial charge in [0.2, 0.25) is 0 Å². The highest BCUT2D eigenvalue weighted by atomic mass is 32.1. The number of nitrogen functional groups attached to an aromatic ring is 1. The molecule has 0 spiro atoms. The first-order chi connectivity index (χ1) is 9.04. The summed E-state index contributed by atoms with van der Waals surface area (Å²) in [6, 6.07) is 7.18. The second-order valence-electron chi connectivity index (χ2n) is 3.97. The summed E-state index contributed by atoms with van der Waals surface area (Å²) in [5.74, 6) is -0.382. The number of carbonyl (C=O) groups is 1. The van der Waals surface area contributed by atoms with Gasteiger partial charge in [-0.15, -0.1) is 0 Å². The minimum Gasteiger partial charge on any atom is -0.462 e. The largest absolute Gasteiger partial charge is 0.462 e. The number of anilines is 1. The predicted octanol–water partition coefficient (Wildman–Crippen LogP) is 2.09. The van der Waals surface area contributed by atoms with Crippen LogP contribution in [-0.4, -0.2) is 17.1 Å². The van der Waals surface area contributed by atoms with Crippen LogP contribution in [0.2, 0.25) is 0 Å². The highest BCUT2D eigenvalue weighted by molar-refractivity contribution is 7.11. The zero-order chi connectivity index (χ0) is 14.0. The number of esters is 1. The molecular formula is C13H15N3O2S. The Bertz CT molecular complexity index is 656. The van der Waals surface area contributed by atoms with E-state index in [0.29, 0.717) is 22.9 Å². The zero-order valence-corrected chi connectivity index (χ0v) is 11.6. The summed E-state index contributed by atoms with van der Waals surface area (Å²) in [4.78, 5) is 12.5. The van der Waals surface area contributed by atoms with Gasteiger partial charge in [0, 0.05) is 17.1 Å². The first kappa shape index (κ1) is 13.4. The number of ether oxygens (including phenoxy) is 1. The van der Waals surface area contributed by atoms with Gasteiger partial charge in [0.25, 0.3) is 0 Å². The lowest BCUT2D eigenvalue weighted by molar-refractivity contribution is 0.0531. The van der Waals surface area contributed by atoms with Crippen molar-refractivity contribution in [3.8, 4) is 5.69 Å². The summed E-state index contributed by atoms with van der Waals surface area (Å²) in [5.41, 5.74) is 7.82. The lowest BCUT2D eigenvalue weighted by Crippen LogP contribution is -2.12. The molecule has 0 aliphatic heterocycles. The molecule has 0 atom stereocenters. The van der Waals surface area contributed by atoms with E-state index in [2.05, 4.69) is 0 Å². The van der Waals surface area contributed by atoms with Gasteiger partial charge in [-0.3, -0.25) is 9.98 Å². The van der Waals surface area contributed by atoms with Crippen LogP contribution in [0.3, 0.4) is 0 Å². The Balaban J connectivity index is 2.51. The number of aromatic nitrogens is 1. The number of carbonyl (C=O) groups excluding carboxylic acids is 1. The number of hydrogen-bond donors (Lipinski definition) is 2. The first-order valence-electron chi connectivity index (χ1n) is 5.84. The van der Waals surface area contributed by atoms with E-state index in [9.17, 15) is 4.79 Å². The normalized spacial score (nSPS) is 10.4. The highest BCUT2D eigenvalue weighted by Gasteiger charge is 2.17. The minimum atomic E-state index is -0.382. The van der Waals surface area contributed by atoms with Gasteiger partial charge in [-0.2, -0.15) is 0 Å². The number of thiazole rings is 1. The fourth-order valence-corrected chi connectivity index (χ4v) is 2.70. The number of nitrogens with two attached hydrogens (primary N) is 1. The lowest BCUT2D eigenvalue weighted by atomic mass is 10.2. The van der Waals surface area contributed by atoms with Crippen LogP contribution in [0.1, 0.15) is 22.3 Å². The molecule has 0 radical (unpaired) electrons. The molecule has 0 aliphatic rings. The van der Waals surface area contributed by atoms with Gasteiger partial charge in [0.1, 0.15) is 4.88 Å². The first-order valence-corrected chi connectivity index (χ1v) is 6.66. The van der Waals surface area contributed by atoms with E-state index in [1.165, 1.54) is 0 Å². The van der Waals surface area contributed by atoms with Crippen molar-refractivity contribution in [3.63, 3.8) is 0 Å². The van der Waals surface area contributed by atoms with E-state index in [0.717, 1.165) is 17.0 Å². The van der Waals surface area contributed by atoms with Gasteiger partial charge in [0.05, 0.1) is 6.61 Å². The van der Waals surface area contributed by atoms with Crippen LogP contribution in [0.4, 0.5) is 5.69 Å². The summed E-state index contributed by atoms with van der Waals surface area (Å²) >= 11 is 1.11. The maximum Gasteiger partial charge on any atom is 0.350 e. The summed E-state index contributed by atoms with van der Waals surface area (Å²) in [7, 11) is 0. The Morgan fingerprint density at radius 1 is 1.42 bits per heavy atom. The Morgan fingerprint density at radius 3 is 2.63 bits per heavy atom. The SMILES string of the molecule is CCOC(=O)c1sc(=N)n(-c2ccc(N)cc2)c1C.